The quantitative estimate of drug-likeness (QED) is 0.0263. The summed E-state index contributed by atoms with van der Waals surface area (Å²) in [6, 6.07) is 0. The molecule has 0 bridgehead atoms. The summed E-state index contributed by atoms with van der Waals surface area (Å²) < 4.78 is 16.8. The topological polar surface area (TPSA) is 78.9 Å². The molecule has 0 spiro atoms. The third-order valence-corrected chi connectivity index (χ3v) is 11.3. The Balaban J connectivity index is 4.42. The Morgan fingerprint density at radius 3 is 0.951 bits per heavy atom. The Morgan fingerprint density at radius 1 is 0.328 bits per heavy atom. The molecule has 0 amide bonds. The molecule has 0 aliphatic rings. The average Bonchev–Trinajstić information content (AvgIpc) is 3.26. The Kier molecular flexibility index (Phi) is 47.9. The lowest BCUT2D eigenvalue weighted by Gasteiger charge is -2.18. The molecule has 354 valence electrons. The first-order valence-electron chi connectivity index (χ1n) is 26.1. The molecule has 0 aliphatic heterocycles. The van der Waals surface area contributed by atoms with Gasteiger partial charge in [-0.25, -0.2) is 0 Å². The van der Waals surface area contributed by atoms with E-state index < -0.39 is 6.10 Å². The number of hydrogen-bond acceptors (Lipinski definition) is 6. The molecule has 0 heterocycles. The first-order chi connectivity index (χ1) is 30.0. The van der Waals surface area contributed by atoms with Crippen LogP contribution in [0.3, 0.4) is 0 Å². The van der Waals surface area contributed by atoms with Gasteiger partial charge in [0.2, 0.25) is 0 Å². The lowest BCUT2D eigenvalue weighted by atomic mass is 10.1. The van der Waals surface area contributed by atoms with Gasteiger partial charge in [-0.2, -0.15) is 0 Å². The molecule has 0 radical (unpaired) electrons. The Hall–Kier alpha value is -2.63. The Morgan fingerprint density at radius 2 is 0.590 bits per heavy atom. The van der Waals surface area contributed by atoms with Crippen LogP contribution in [0.4, 0.5) is 0 Å². The lowest BCUT2D eigenvalue weighted by Crippen LogP contribution is -2.30. The van der Waals surface area contributed by atoms with E-state index in [2.05, 4.69) is 69.4 Å². The maximum atomic E-state index is 12.8. The van der Waals surface area contributed by atoms with Crippen molar-refractivity contribution in [3.05, 3.63) is 48.6 Å². The Labute approximate surface area is 378 Å². The van der Waals surface area contributed by atoms with Crippen molar-refractivity contribution in [3.8, 4) is 0 Å². The molecule has 0 N–H and O–H groups in total. The number of ether oxygens (including phenoxy) is 3. The van der Waals surface area contributed by atoms with Gasteiger partial charge in [-0.05, 0) is 103 Å². The van der Waals surface area contributed by atoms with Gasteiger partial charge in [0.15, 0.2) is 6.10 Å². The van der Waals surface area contributed by atoms with E-state index in [4.69, 9.17) is 14.2 Å². The molecule has 6 nitrogen and oxygen atoms in total. The standard InChI is InChI=1S/C55H98O6/c1-4-7-10-13-16-19-22-25-28-31-33-36-39-42-45-48-54(57)60-51-52(61-55(58)49-46-43-40-37-34-30-27-24-21-18-15-12-9-6-3)50-59-53(56)47-44-41-38-35-32-29-26-23-20-17-14-11-8-5-2/h16,19,23-28,52H,4-15,17-18,20-22,29-51H2,1-3H3/b19-16-,26-23-,27-24-,28-25-. The maximum absolute atomic E-state index is 12.8. The second-order valence-electron chi connectivity index (χ2n) is 17.4. The van der Waals surface area contributed by atoms with Crippen molar-refractivity contribution in [1.29, 1.82) is 0 Å². The van der Waals surface area contributed by atoms with Crippen molar-refractivity contribution in [2.24, 2.45) is 0 Å². The fraction of sp³-hybridized carbons (Fsp3) is 0.800. The third-order valence-electron chi connectivity index (χ3n) is 11.3. The van der Waals surface area contributed by atoms with E-state index in [1.807, 2.05) is 0 Å². The van der Waals surface area contributed by atoms with Crippen LogP contribution in [0.25, 0.3) is 0 Å². The molecule has 0 aromatic heterocycles. The highest BCUT2D eigenvalue weighted by Gasteiger charge is 2.19. The van der Waals surface area contributed by atoms with E-state index in [-0.39, 0.29) is 31.1 Å². The third kappa shape index (κ3) is 48.3. The molecule has 0 aromatic rings. The lowest BCUT2D eigenvalue weighted by molar-refractivity contribution is -0.167. The van der Waals surface area contributed by atoms with Gasteiger partial charge in [-0.1, -0.05) is 191 Å². The summed E-state index contributed by atoms with van der Waals surface area (Å²) in [5, 5.41) is 0. The zero-order valence-electron chi connectivity index (χ0n) is 40.4. The highest BCUT2D eigenvalue weighted by Crippen LogP contribution is 2.14. The molecule has 1 unspecified atom stereocenters. The average molecular weight is 855 g/mol. The monoisotopic (exact) mass is 855 g/mol. The van der Waals surface area contributed by atoms with E-state index in [0.29, 0.717) is 19.3 Å². The summed E-state index contributed by atoms with van der Waals surface area (Å²) in [5.74, 6) is -0.909. The van der Waals surface area contributed by atoms with Crippen molar-refractivity contribution in [2.75, 3.05) is 13.2 Å². The number of hydrogen-bond donors (Lipinski definition) is 0. The Bertz CT molecular complexity index is 1070. The summed E-state index contributed by atoms with van der Waals surface area (Å²) >= 11 is 0. The first-order valence-corrected chi connectivity index (χ1v) is 26.1. The highest BCUT2D eigenvalue weighted by atomic mass is 16.6. The highest BCUT2D eigenvalue weighted by molar-refractivity contribution is 5.71. The minimum absolute atomic E-state index is 0.0846. The van der Waals surface area contributed by atoms with E-state index >= 15 is 0 Å². The van der Waals surface area contributed by atoms with Crippen LogP contribution in [0, 0.1) is 0 Å². The van der Waals surface area contributed by atoms with Crippen LogP contribution in [0.15, 0.2) is 48.6 Å². The van der Waals surface area contributed by atoms with Gasteiger partial charge in [-0.3, -0.25) is 14.4 Å². The summed E-state index contributed by atoms with van der Waals surface area (Å²) in [6.07, 6.45) is 59.4. The summed E-state index contributed by atoms with van der Waals surface area (Å²) in [6.45, 7) is 6.58. The predicted octanol–water partition coefficient (Wildman–Crippen LogP) is 17.1. The molecule has 1 atom stereocenters. The zero-order valence-corrected chi connectivity index (χ0v) is 40.4. The summed E-state index contributed by atoms with van der Waals surface area (Å²) in [4.78, 5) is 38.0. The van der Waals surface area contributed by atoms with Crippen LogP contribution in [-0.4, -0.2) is 37.2 Å². The fourth-order valence-electron chi connectivity index (χ4n) is 7.28. The summed E-state index contributed by atoms with van der Waals surface area (Å²) in [5.41, 5.74) is 0. The van der Waals surface area contributed by atoms with Crippen LogP contribution >= 0.6 is 0 Å². The number of carbonyl (C=O) groups is 3. The molecule has 0 rings (SSSR count). The second-order valence-corrected chi connectivity index (χ2v) is 17.4. The smallest absolute Gasteiger partial charge is 0.306 e. The number of unbranched alkanes of at least 4 members (excludes halogenated alkanes) is 28. The molecule has 0 fully saturated rings. The van der Waals surface area contributed by atoms with Crippen LogP contribution < -0.4 is 0 Å². The minimum Gasteiger partial charge on any atom is -0.462 e. The van der Waals surface area contributed by atoms with Gasteiger partial charge in [0.05, 0.1) is 0 Å². The molecule has 61 heavy (non-hydrogen) atoms. The number of carbonyl (C=O) groups excluding carboxylic acids is 3. The minimum atomic E-state index is -0.784. The van der Waals surface area contributed by atoms with Gasteiger partial charge < -0.3 is 14.2 Å². The number of rotatable bonds is 47. The largest absolute Gasteiger partial charge is 0.462 e. The molecule has 0 aromatic carbocycles. The molecule has 0 saturated heterocycles. The molecule has 0 saturated carbocycles. The van der Waals surface area contributed by atoms with E-state index in [0.717, 1.165) is 96.3 Å². The molecular formula is C55H98O6. The van der Waals surface area contributed by atoms with Gasteiger partial charge in [0, 0.05) is 19.3 Å². The molecular weight excluding hydrogens is 757 g/mol. The van der Waals surface area contributed by atoms with Crippen LogP contribution in [0.5, 0.6) is 0 Å². The number of allylic oxidation sites excluding steroid dienone is 8. The maximum Gasteiger partial charge on any atom is 0.306 e. The second kappa shape index (κ2) is 50.0. The van der Waals surface area contributed by atoms with Crippen molar-refractivity contribution < 1.29 is 28.6 Å². The van der Waals surface area contributed by atoms with Crippen LogP contribution in [0.2, 0.25) is 0 Å². The summed E-state index contributed by atoms with van der Waals surface area (Å²) in [7, 11) is 0. The number of esters is 3. The first kappa shape index (κ1) is 58.4. The van der Waals surface area contributed by atoms with Gasteiger partial charge >= 0.3 is 17.9 Å². The van der Waals surface area contributed by atoms with Crippen molar-refractivity contribution >= 4 is 17.9 Å². The zero-order chi connectivity index (χ0) is 44.4. The fourth-order valence-corrected chi connectivity index (χ4v) is 7.28. The predicted molar refractivity (Wildman–Crippen MR) is 261 cm³/mol. The van der Waals surface area contributed by atoms with Crippen LogP contribution in [-0.2, 0) is 28.6 Å². The molecule has 6 heteroatoms. The van der Waals surface area contributed by atoms with E-state index in [1.165, 1.54) is 128 Å². The van der Waals surface area contributed by atoms with Crippen molar-refractivity contribution in [3.63, 3.8) is 0 Å². The van der Waals surface area contributed by atoms with E-state index in [9.17, 15) is 14.4 Å². The van der Waals surface area contributed by atoms with Gasteiger partial charge in [-0.15, -0.1) is 0 Å². The van der Waals surface area contributed by atoms with Crippen molar-refractivity contribution in [1.82, 2.24) is 0 Å². The van der Waals surface area contributed by atoms with Crippen LogP contribution in [0.1, 0.15) is 265 Å². The van der Waals surface area contributed by atoms with Gasteiger partial charge in [0.1, 0.15) is 13.2 Å². The normalized spacial score (nSPS) is 12.4. The van der Waals surface area contributed by atoms with E-state index in [1.54, 1.807) is 0 Å². The van der Waals surface area contributed by atoms with Crippen molar-refractivity contribution in [2.45, 2.75) is 271 Å². The van der Waals surface area contributed by atoms with Gasteiger partial charge in [0.25, 0.3) is 0 Å². The molecule has 0 aliphatic carbocycles. The SMILES string of the molecule is CCCCC/C=C\C/C=C\CCCCCCCC(=O)OCC(COC(=O)CCCCCCC/C=C\CCCCCCC)OC(=O)CCCCCCC/C=C\CCCCCCC.